The third-order valence-electron chi connectivity index (χ3n) is 3.53. The van der Waals surface area contributed by atoms with Crippen LogP contribution >= 0.6 is 11.8 Å². The maximum Gasteiger partial charge on any atom is 0.315 e. The Hall–Kier alpha value is -1.16. The van der Waals surface area contributed by atoms with E-state index in [2.05, 4.69) is 26.8 Å². The van der Waals surface area contributed by atoms with Gasteiger partial charge in [0.2, 0.25) is 0 Å². The highest BCUT2D eigenvalue weighted by molar-refractivity contribution is 7.99. The number of aryl methyl sites for hydroxylation is 1. The first-order valence-corrected chi connectivity index (χ1v) is 9.08. The Morgan fingerprint density at radius 1 is 1.32 bits per heavy atom. The molecule has 0 aliphatic heterocycles. The van der Waals surface area contributed by atoms with Crippen molar-refractivity contribution in [2.45, 2.75) is 52.6 Å². The monoisotopic (exact) mass is 324 g/mol. The minimum atomic E-state index is -0.147. The summed E-state index contributed by atoms with van der Waals surface area (Å²) >= 11 is 1.48. The smallest absolute Gasteiger partial charge is 0.315 e. The lowest BCUT2D eigenvalue weighted by Gasteiger charge is -2.30. The van der Waals surface area contributed by atoms with Gasteiger partial charge in [0.1, 0.15) is 5.75 Å². The predicted octanol–water partition coefficient (Wildman–Crippen LogP) is 4.36. The Morgan fingerprint density at radius 3 is 2.59 bits per heavy atom. The van der Waals surface area contributed by atoms with E-state index >= 15 is 0 Å². The van der Waals surface area contributed by atoms with Gasteiger partial charge in [0.15, 0.2) is 0 Å². The van der Waals surface area contributed by atoms with Gasteiger partial charge in [-0.2, -0.15) is 11.8 Å². The molecule has 0 bridgehead atoms. The van der Waals surface area contributed by atoms with Crippen LogP contribution in [0.2, 0.25) is 0 Å². The van der Waals surface area contributed by atoms with E-state index in [-0.39, 0.29) is 17.5 Å². The van der Waals surface area contributed by atoms with E-state index in [0.29, 0.717) is 12.4 Å². The van der Waals surface area contributed by atoms with Gasteiger partial charge in [-0.25, -0.2) is 0 Å². The zero-order chi connectivity index (χ0) is 16.8. The van der Waals surface area contributed by atoms with Crippen molar-refractivity contribution >= 4 is 17.7 Å². The molecule has 0 aromatic heterocycles. The average Bonchev–Trinajstić information content (AvgIpc) is 2.37. The molecule has 0 spiro atoms. The largest absolute Gasteiger partial charge is 0.491 e. The van der Waals surface area contributed by atoms with Gasteiger partial charge in [0.05, 0.1) is 18.5 Å². The molecule has 1 aromatic rings. The van der Waals surface area contributed by atoms with E-state index in [1.807, 2.05) is 32.2 Å². The van der Waals surface area contributed by atoms with Gasteiger partial charge in [0, 0.05) is 5.56 Å². The molecule has 22 heavy (non-hydrogen) atoms. The Labute approximate surface area is 138 Å². The van der Waals surface area contributed by atoms with E-state index < -0.39 is 0 Å². The van der Waals surface area contributed by atoms with E-state index in [9.17, 15) is 4.79 Å². The molecule has 0 radical (unpaired) electrons. The summed E-state index contributed by atoms with van der Waals surface area (Å²) in [5, 5.41) is 0. The molecule has 0 N–H and O–H groups in total. The lowest BCUT2D eigenvalue weighted by atomic mass is 9.79. The molecular weight excluding hydrogens is 296 g/mol. The molecule has 4 heteroatoms. The molecule has 124 valence electrons. The fourth-order valence-corrected chi connectivity index (χ4v) is 2.88. The Balaban J connectivity index is 2.85. The lowest BCUT2D eigenvalue weighted by Crippen LogP contribution is -2.24. The van der Waals surface area contributed by atoms with Crippen LogP contribution < -0.4 is 4.74 Å². The van der Waals surface area contributed by atoms with Crippen LogP contribution in [0.25, 0.3) is 0 Å². The lowest BCUT2D eigenvalue weighted by molar-refractivity contribution is -0.140. The first-order chi connectivity index (χ1) is 10.3. The van der Waals surface area contributed by atoms with Gasteiger partial charge in [-0.15, -0.1) is 0 Å². The first-order valence-electron chi connectivity index (χ1n) is 7.69. The van der Waals surface area contributed by atoms with E-state index in [1.165, 1.54) is 22.9 Å². The number of carbonyl (C=O) groups excluding carboxylic acids is 1. The molecule has 3 nitrogen and oxygen atoms in total. The molecule has 0 saturated heterocycles. The van der Waals surface area contributed by atoms with Crippen LogP contribution in [0, 0.1) is 6.92 Å². The molecule has 0 atom stereocenters. The number of ether oxygens (including phenoxy) is 2. The number of hydrogen-bond donors (Lipinski definition) is 0. The van der Waals surface area contributed by atoms with Gasteiger partial charge in [-0.3, -0.25) is 4.79 Å². The molecular formula is C18H28O3S. The summed E-state index contributed by atoms with van der Waals surface area (Å²) in [5.41, 5.74) is 2.29. The molecule has 0 heterocycles. The molecule has 0 unspecified atom stereocenters. The van der Waals surface area contributed by atoms with Crippen LogP contribution in [-0.2, 0) is 14.9 Å². The van der Waals surface area contributed by atoms with Crippen LogP contribution in [0.1, 0.15) is 45.2 Å². The van der Waals surface area contributed by atoms with Gasteiger partial charge < -0.3 is 9.47 Å². The standard InChI is InChI=1S/C18H28O3S/c1-13(2)21-15-9-7-8-14(3)17(15)18(4,5)10-11-20-16(19)12-22-6/h7-9,13H,10-12H2,1-6H3. The summed E-state index contributed by atoms with van der Waals surface area (Å²) in [6.07, 6.45) is 2.80. The van der Waals surface area contributed by atoms with Crippen molar-refractivity contribution in [3.05, 3.63) is 29.3 Å². The van der Waals surface area contributed by atoms with Crippen LogP contribution in [0.5, 0.6) is 5.75 Å². The SMILES string of the molecule is CSCC(=O)OCCC(C)(C)c1c(C)cccc1OC(C)C. The summed E-state index contributed by atoms with van der Waals surface area (Å²) in [6, 6.07) is 6.14. The summed E-state index contributed by atoms with van der Waals surface area (Å²) in [5.74, 6) is 1.19. The van der Waals surface area contributed by atoms with Gasteiger partial charge in [0.25, 0.3) is 0 Å². The van der Waals surface area contributed by atoms with Crippen LogP contribution in [-0.4, -0.2) is 30.7 Å². The van der Waals surface area contributed by atoms with Gasteiger partial charge in [-0.1, -0.05) is 26.0 Å². The van der Waals surface area contributed by atoms with Crippen molar-refractivity contribution in [3.63, 3.8) is 0 Å². The van der Waals surface area contributed by atoms with Crippen molar-refractivity contribution in [3.8, 4) is 5.75 Å². The quantitative estimate of drug-likeness (QED) is 0.666. The second kappa shape index (κ2) is 8.47. The van der Waals surface area contributed by atoms with Crippen LogP contribution in [0.3, 0.4) is 0 Å². The molecule has 0 saturated carbocycles. The predicted molar refractivity (Wildman–Crippen MR) is 93.9 cm³/mol. The highest BCUT2D eigenvalue weighted by Crippen LogP contribution is 2.37. The first kappa shape index (κ1) is 18.9. The number of carbonyl (C=O) groups is 1. The summed E-state index contributed by atoms with van der Waals surface area (Å²) in [6.45, 7) is 10.9. The second-order valence-corrected chi connectivity index (χ2v) is 7.27. The Morgan fingerprint density at radius 2 is 2.00 bits per heavy atom. The Bertz CT molecular complexity index is 495. The second-order valence-electron chi connectivity index (χ2n) is 6.40. The van der Waals surface area contributed by atoms with Crippen molar-refractivity contribution in [2.75, 3.05) is 18.6 Å². The van der Waals surface area contributed by atoms with Gasteiger partial charge >= 0.3 is 5.97 Å². The summed E-state index contributed by atoms with van der Waals surface area (Å²) in [7, 11) is 0. The van der Waals surface area contributed by atoms with Crippen LogP contribution in [0.15, 0.2) is 18.2 Å². The molecule has 0 aliphatic carbocycles. The maximum absolute atomic E-state index is 11.5. The fraction of sp³-hybridized carbons (Fsp3) is 0.611. The number of rotatable bonds is 8. The van der Waals surface area contributed by atoms with Crippen molar-refractivity contribution in [2.24, 2.45) is 0 Å². The van der Waals surface area contributed by atoms with Gasteiger partial charge in [-0.05, 0) is 50.5 Å². The third-order valence-corrected chi connectivity index (χ3v) is 4.05. The van der Waals surface area contributed by atoms with Crippen LogP contribution in [0.4, 0.5) is 0 Å². The zero-order valence-electron chi connectivity index (χ0n) is 14.6. The van der Waals surface area contributed by atoms with E-state index in [0.717, 1.165) is 12.2 Å². The third kappa shape index (κ3) is 5.56. The average molecular weight is 324 g/mol. The molecule has 0 amide bonds. The maximum atomic E-state index is 11.5. The molecule has 0 aliphatic rings. The summed E-state index contributed by atoms with van der Waals surface area (Å²) < 4.78 is 11.3. The normalized spacial score (nSPS) is 11.6. The fourth-order valence-electron chi connectivity index (χ4n) is 2.56. The van der Waals surface area contributed by atoms with Crippen molar-refractivity contribution in [1.29, 1.82) is 0 Å². The van der Waals surface area contributed by atoms with E-state index in [1.54, 1.807) is 0 Å². The minimum absolute atomic E-state index is 0.116. The highest BCUT2D eigenvalue weighted by Gasteiger charge is 2.27. The Kier molecular flexibility index (Phi) is 7.27. The topological polar surface area (TPSA) is 35.5 Å². The number of thioether (sulfide) groups is 1. The minimum Gasteiger partial charge on any atom is -0.491 e. The zero-order valence-corrected chi connectivity index (χ0v) is 15.4. The van der Waals surface area contributed by atoms with Crippen molar-refractivity contribution in [1.82, 2.24) is 0 Å². The molecule has 1 aromatic carbocycles. The number of benzene rings is 1. The molecule has 0 fully saturated rings. The number of hydrogen-bond acceptors (Lipinski definition) is 4. The summed E-state index contributed by atoms with van der Waals surface area (Å²) in [4.78, 5) is 11.5. The number of esters is 1. The molecule has 1 rings (SSSR count). The van der Waals surface area contributed by atoms with Crippen molar-refractivity contribution < 1.29 is 14.3 Å². The highest BCUT2D eigenvalue weighted by atomic mass is 32.2. The van der Waals surface area contributed by atoms with E-state index in [4.69, 9.17) is 9.47 Å².